The molecule has 2 fully saturated rings. The second-order valence-electron chi connectivity index (χ2n) is 7.94. The minimum atomic E-state index is -0.568. The largest absolute Gasteiger partial charge is 0.462 e. The number of carbonyl (C=O) groups excluding carboxylic acids is 3. The lowest BCUT2D eigenvalue weighted by atomic mass is 10.2. The molecule has 0 saturated carbocycles. The molecule has 2 aliphatic rings. The quantitative estimate of drug-likeness (QED) is 0.473. The van der Waals surface area contributed by atoms with Gasteiger partial charge in [-0.15, -0.1) is 0 Å². The molecule has 0 aliphatic carbocycles. The third kappa shape index (κ3) is 4.79. The van der Waals surface area contributed by atoms with E-state index in [0.717, 1.165) is 5.82 Å². The lowest BCUT2D eigenvalue weighted by Gasteiger charge is -2.36. The summed E-state index contributed by atoms with van der Waals surface area (Å²) in [6, 6.07) is 9.52. The number of esters is 1. The number of piperazine rings is 1. The molecule has 174 valence electrons. The first-order valence-corrected chi connectivity index (χ1v) is 11.3. The van der Waals surface area contributed by atoms with Crippen molar-refractivity contribution in [3.63, 3.8) is 0 Å². The number of ether oxygens (including phenoxy) is 1. The second-order valence-corrected chi connectivity index (χ2v) is 8.38. The van der Waals surface area contributed by atoms with Crippen LogP contribution in [-0.4, -0.2) is 78.2 Å². The average Bonchev–Trinajstić information content (AvgIpc) is 3.03. The fraction of sp³-hybridized carbons (Fsp3) is 0.391. The van der Waals surface area contributed by atoms with E-state index in [4.69, 9.17) is 16.3 Å². The Balaban J connectivity index is 1.35. The molecule has 33 heavy (non-hydrogen) atoms. The number of carbonyl (C=O) groups is 3. The molecular formula is C23H26ClN5O4. The predicted molar refractivity (Wildman–Crippen MR) is 124 cm³/mol. The number of amides is 3. The summed E-state index contributed by atoms with van der Waals surface area (Å²) in [5.74, 6) is 0.176. The van der Waals surface area contributed by atoms with Crippen LogP contribution in [-0.2, 0) is 9.53 Å². The number of hydrogen-bond donors (Lipinski definition) is 0. The van der Waals surface area contributed by atoms with Crippen molar-refractivity contribution in [1.82, 2.24) is 14.8 Å². The van der Waals surface area contributed by atoms with Gasteiger partial charge in [-0.2, -0.15) is 0 Å². The van der Waals surface area contributed by atoms with Crippen LogP contribution in [0.1, 0.15) is 24.2 Å². The minimum absolute atomic E-state index is 0.214. The highest BCUT2D eigenvalue weighted by Crippen LogP contribution is 2.27. The number of hydrogen-bond acceptors (Lipinski definition) is 7. The SMILES string of the molecule is CCOC(=O)c1ccc(N2CCN(CN3C(=O)[C@@H](C)N(c4ccc(Cl)cc4)C3=O)CC2)nc1. The summed E-state index contributed by atoms with van der Waals surface area (Å²) >= 11 is 5.95. The van der Waals surface area contributed by atoms with Crippen LogP contribution in [0, 0.1) is 0 Å². The maximum Gasteiger partial charge on any atom is 0.339 e. The zero-order valence-electron chi connectivity index (χ0n) is 18.6. The minimum Gasteiger partial charge on any atom is -0.462 e. The van der Waals surface area contributed by atoms with Crippen molar-refractivity contribution in [2.75, 3.05) is 49.3 Å². The normalized spacial score (nSPS) is 19.4. The number of anilines is 2. The van der Waals surface area contributed by atoms with E-state index in [2.05, 4.69) is 14.8 Å². The summed E-state index contributed by atoms with van der Waals surface area (Å²) < 4.78 is 4.99. The Bertz CT molecular complexity index is 1020. The standard InChI is InChI=1S/C23H26ClN5O4/c1-3-33-22(31)17-4-9-20(25-14-17)27-12-10-26(11-13-27)15-28-21(30)16(2)29(23(28)32)19-7-5-18(24)6-8-19/h4-9,14,16H,3,10-13,15H2,1-2H3/t16-/m1/s1. The fourth-order valence-corrected chi connectivity index (χ4v) is 4.14. The zero-order valence-corrected chi connectivity index (χ0v) is 19.4. The molecular weight excluding hydrogens is 446 g/mol. The molecule has 0 bridgehead atoms. The Kier molecular flexibility index (Phi) is 6.80. The molecule has 4 rings (SSSR count). The van der Waals surface area contributed by atoms with Crippen LogP contribution >= 0.6 is 11.6 Å². The van der Waals surface area contributed by atoms with Gasteiger partial charge in [-0.25, -0.2) is 19.5 Å². The Morgan fingerprint density at radius 1 is 1.09 bits per heavy atom. The van der Waals surface area contributed by atoms with E-state index in [0.29, 0.717) is 49.1 Å². The predicted octanol–water partition coefficient (Wildman–Crippen LogP) is 2.85. The molecule has 1 aromatic carbocycles. The van der Waals surface area contributed by atoms with Gasteiger partial charge in [-0.05, 0) is 50.2 Å². The van der Waals surface area contributed by atoms with Gasteiger partial charge in [-0.3, -0.25) is 14.6 Å². The van der Waals surface area contributed by atoms with Crippen molar-refractivity contribution in [1.29, 1.82) is 0 Å². The number of pyridine rings is 1. The summed E-state index contributed by atoms with van der Waals surface area (Å²) in [4.78, 5) is 49.0. The molecule has 3 amide bonds. The molecule has 2 aliphatic heterocycles. The van der Waals surface area contributed by atoms with Crippen molar-refractivity contribution in [3.05, 3.63) is 53.2 Å². The number of benzene rings is 1. The van der Waals surface area contributed by atoms with Gasteiger partial charge >= 0.3 is 12.0 Å². The van der Waals surface area contributed by atoms with E-state index in [1.807, 2.05) is 0 Å². The van der Waals surface area contributed by atoms with Crippen molar-refractivity contribution in [2.24, 2.45) is 0 Å². The summed E-state index contributed by atoms with van der Waals surface area (Å²) in [7, 11) is 0. The lowest BCUT2D eigenvalue weighted by molar-refractivity contribution is -0.128. The number of nitrogens with zero attached hydrogens (tertiary/aromatic N) is 5. The van der Waals surface area contributed by atoms with Crippen molar-refractivity contribution in [2.45, 2.75) is 19.9 Å². The molecule has 1 atom stereocenters. The number of rotatable bonds is 6. The maximum absolute atomic E-state index is 13.0. The molecule has 3 heterocycles. The van der Waals surface area contributed by atoms with Crippen LogP contribution in [0.25, 0.3) is 0 Å². The number of halogens is 1. The Morgan fingerprint density at radius 3 is 2.39 bits per heavy atom. The van der Waals surface area contributed by atoms with Crippen LogP contribution < -0.4 is 9.80 Å². The highest BCUT2D eigenvalue weighted by atomic mass is 35.5. The highest BCUT2D eigenvalue weighted by Gasteiger charge is 2.44. The highest BCUT2D eigenvalue weighted by molar-refractivity contribution is 6.30. The summed E-state index contributed by atoms with van der Waals surface area (Å²) in [6.45, 7) is 6.80. The molecule has 1 aromatic heterocycles. The van der Waals surface area contributed by atoms with Crippen LogP contribution in [0.15, 0.2) is 42.6 Å². The van der Waals surface area contributed by atoms with Crippen LogP contribution in [0.2, 0.25) is 5.02 Å². The molecule has 9 nitrogen and oxygen atoms in total. The van der Waals surface area contributed by atoms with Gasteiger partial charge in [0.1, 0.15) is 11.9 Å². The molecule has 0 unspecified atom stereocenters. The van der Waals surface area contributed by atoms with Crippen LogP contribution in [0.3, 0.4) is 0 Å². The van der Waals surface area contributed by atoms with Crippen molar-refractivity contribution < 1.29 is 19.1 Å². The van der Waals surface area contributed by atoms with Gasteiger partial charge < -0.3 is 9.64 Å². The fourth-order valence-electron chi connectivity index (χ4n) is 4.02. The third-order valence-electron chi connectivity index (χ3n) is 5.85. The van der Waals surface area contributed by atoms with Gasteiger partial charge in [0.05, 0.1) is 18.8 Å². The molecule has 2 saturated heterocycles. The Morgan fingerprint density at radius 2 is 1.79 bits per heavy atom. The first-order chi connectivity index (χ1) is 15.9. The van der Waals surface area contributed by atoms with E-state index >= 15 is 0 Å². The summed E-state index contributed by atoms with van der Waals surface area (Å²) in [5, 5.41) is 0.573. The Labute approximate surface area is 197 Å². The molecule has 0 radical (unpaired) electrons. The monoisotopic (exact) mass is 471 g/mol. The molecule has 0 N–H and O–H groups in total. The van der Waals surface area contributed by atoms with E-state index in [-0.39, 0.29) is 24.6 Å². The Hall–Kier alpha value is -3.17. The van der Waals surface area contributed by atoms with Crippen molar-refractivity contribution in [3.8, 4) is 0 Å². The number of urea groups is 1. The maximum atomic E-state index is 13.0. The summed E-state index contributed by atoms with van der Waals surface area (Å²) in [6.07, 6.45) is 1.52. The molecule has 10 heteroatoms. The first kappa shape index (κ1) is 23.0. The van der Waals surface area contributed by atoms with Gasteiger partial charge in [0.25, 0.3) is 5.91 Å². The molecule has 0 spiro atoms. The van der Waals surface area contributed by atoms with Gasteiger partial charge in [0.2, 0.25) is 0 Å². The van der Waals surface area contributed by atoms with Crippen LogP contribution in [0.5, 0.6) is 0 Å². The number of aromatic nitrogens is 1. The lowest BCUT2D eigenvalue weighted by Crippen LogP contribution is -2.51. The third-order valence-corrected chi connectivity index (χ3v) is 6.10. The smallest absolute Gasteiger partial charge is 0.339 e. The van der Waals surface area contributed by atoms with Gasteiger partial charge in [0.15, 0.2) is 0 Å². The first-order valence-electron chi connectivity index (χ1n) is 10.9. The average molecular weight is 472 g/mol. The number of imide groups is 1. The van der Waals surface area contributed by atoms with Crippen LogP contribution in [0.4, 0.5) is 16.3 Å². The van der Waals surface area contributed by atoms with E-state index in [1.54, 1.807) is 50.2 Å². The van der Waals surface area contributed by atoms with Gasteiger partial charge in [0, 0.05) is 43.1 Å². The van der Waals surface area contributed by atoms with E-state index in [9.17, 15) is 14.4 Å². The zero-order chi connectivity index (χ0) is 23.5. The van der Waals surface area contributed by atoms with E-state index in [1.165, 1.54) is 16.0 Å². The topological polar surface area (TPSA) is 86.3 Å². The molecule has 2 aromatic rings. The van der Waals surface area contributed by atoms with Gasteiger partial charge in [-0.1, -0.05) is 11.6 Å². The van der Waals surface area contributed by atoms with E-state index < -0.39 is 6.04 Å². The second kappa shape index (κ2) is 9.76. The van der Waals surface area contributed by atoms with Crippen molar-refractivity contribution >= 4 is 41.0 Å². The summed E-state index contributed by atoms with van der Waals surface area (Å²) in [5.41, 5.74) is 1.07.